The van der Waals surface area contributed by atoms with Crippen LogP contribution in [0.1, 0.15) is 24.1 Å². The molecule has 1 N–H and O–H groups in total. The second-order valence-electron chi connectivity index (χ2n) is 7.22. The quantitative estimate of drug-likeness (QED) is 0.877. The smallest absolute Gasteiger partial charge is 0.147 e. The number of aliphatic hydroxyl groups is 1. The molecule has 25 heavy (non-hydrogen) atoms. The lowest BCUT2D eigenvalue weighted by Crippen LogP contribution is -2.43. The molecule has 0 unspecified atom stereocenters. The van der Waals surface area contributed by atoms with Gasteiger partial charge in [-0.05, 0) is 25.7 Å². The first-order chi connectivity index (χ1) is 12.2. The fourth-order valence-electron chi connectivity index (χ4n) is 4.16. The van der Waals surface area contributed by atoms with E-state index in [1.54, 1.807) is 12.4 Å². The molecule has 2 aromatic heterocycles. The molecule has 0 saturated carbocycles. The second-order valence-corrected chi connectivity index (χ2v) is 7.22. The first-order valence-corrected chi connectivity index (χ1v) is 9.11. The summed E-state index contributed by atoms with van der Waals surface area (Å²) in [6.45, 7) is 6.90. The van der Waals surface area contributed by atoms with Crippen molar-refractivity contribution in [1.82, 2.24) is 24.6 Å². The van der Waals surface area contributed by atoms with Crippen LogP contribution in [-0.4, -0.2) is 62.0 Å². The monoisotopic (exact) mass is 342 g/mol. The topological polar surface area (TPSA) is 70.3 Å². The van der Waals surface area contributed by atoms with Gasteiger partial charge in [-0.15, -0.1) is 0 Å². The van der Waals surface area contributed by atoms with Gasteiger partial charge in [0.15, 0.2) is 0 Å². The van der Waals surface area contributed by atoms with Gasteiger partial charge < -0.3 is 10.0 Å². The average Bonchev–Trinajstić information content (AvgIpc) is 2.79. The van der Waals surface area contributed by atoms with Crippen LogP contribution >= 0.6 is 0 Å². The normalized spacial score (nSPS) is 23.8. The van der Waals surface area contributed by atoms with Crippen LogP contribution in [0.15, 0.2) is 24.8 Å². The van der Waals surface area contributed by atoms with Crippen molar-refractivity contribution in [3.05, 3.63) is 36.0 Å². The first-order valence-electron chi connectivity index (χ1n) is 9.11. The Bertz CT molecular complexity index is 703. The number of rotatable bonds is 5. The number of aryl methyl sites for hydroxylation is 1. The second kappa shape index (κ2) is 7.09. The molecule has 2 bridgehead atoms. The van der Waals surface area contributed by atoms with Crippen LogP contribution < -0.4 is 4.90 Å². The molecule has 7 nitrogen and oxygen atoms in total. The average molecular weight is 342 g/mol. The molecule has 2 atom stereocenters. The molecule has 3 saturated heterocycles. The Morgan fingerprint density at radius 1 is 1.20 bits per heavy atom. The number of fused-ring (bicyclic) bond motifs is 4. The zero-order valence-electron chi connectivity index (χ0n) is 14.8. The summed E-state index contributed by atoms with van der Waals surface area (Å²) < 4.78 is 1.85. The molecule has 0 aromatic carbocycles. The highest BCUT2D eigenvalue weighted by Crippen LogP contribution is 2.31. The predicted molar refractivity (Wildman–Crippen MR) is 95.2 cm³/mol. The standard InChI is InChI=1S/C18H26N6O/c1-14-16(12-24(21-14)6-7-25)11-22-9-15-2-3-17(22)13-23(10-15)18-8-19-4-5-20-18/h4-5,8,12,15,17,25H,2-3,6-7,9-11,13H2,1H3/t15-,17-/m0/s1. The Balaban J connectivity index is 1.49. The van der Waals surface area contributed by atoms with Gasteiger partial charge in [0.2, 0.25) is 0 Å². The van der Waals surface area contributed by atoms with Crippen molar-refractivity contribution in [1.29, 1.82) is 0 Å². The van der Waals surface area contributed by atoms with Crippen LogP contribution in [-0.2, 0) is 13.1 Å². The molecule has 0 radical (unpaired) electrons. The molecule has 2 aromatic rings. The third-order valence-electron chi connectivity index (χ3n) is 5.45. The van der Waals surface area contributed by atoms with Gasteiger partial charge in [-0.1, -0.05) is 0 Å². The van der Waals surface area contributed by atoms with Crippen LogP contribution in [0.2, 0.25) is 0 Å². The number of hydrogen-bond acceptors (Lipinski definition) is 6. The van der Waals surface area contributed by atoms with Crippen LogP contribution in [0.3, 0.4) is 0 Å². The molecular weight excluding hydrogens is 316 g/mol. The van der Waals surface area contributed by atoms with Crippen molar-refractivity contribution in [3.63, 3.8) is 0 Å². The number of aromatic nitrogens is 4. The minimum Gasteiger partial charge on any atom is -0.394 e. The largest absolute Gasteiger partial charge is 0.394 e. The van der Waals surface area contributed by atoms with Crippen LogP contribution in [0.25, 0.3) is 0 Å². The Morgan fingerprint density at radius 3 is 2.92 bits per heavy atom. The van der Waals surface area contributed by atoms with E-state index in [0.29, 0.717) is 18.5 Å². The van der Waals surface area contributed by atoms with Gasteiger partial charge in [0, 0.05) is 56.4 Å². The summed E-state index contributed by atoms with van der Waals surface area (Å²) in [5, 5.41) is 13.6. The number of aliphatic hydroxyl groups excluding tert-OH is 1. The van der Waals surface area contributed by atoms with Gasteiger partial charge in [-0.3, -0.25) is 14.6 Å². The van der Waals surface area contributed by atoms with Crippen LogP contribution in [0, 0.1) is 12.8 Å². The number of piperidine rings is 1. The molecule has 0 aliphatic carbocycles. The molecule has 134 valence electrons. The molecule has 5 rings (SSSR count). The summed E-state index contributed by atoms with van der Waals surface area (Å²) >= 11 is 0. The van der Waals surface area contributed by atoms with Crippen LogP contribution in [0.5, 0.6) is 0 Å². The van der Waals surface area contributed by atoms with Gasteiger partial charge in [0.1, 0.15) is 5.82 Å². The van der Waals surface area contributed by atoms with E-state index in [2.05, 4.69) is 38.0 Å². The summed E-state index contributed by atoms with van der Waals surface area (Å²) in [6.07, 6.45) is 10.0. The Hall–Kier alpha value is -1.99. The molecule has 3 fully saturated rings. The Morgan fingerprint density at radius 2 is 2.12 bits per heavy atom. The molecule has 3 aliphatic heterocycles. The van der Waals surface area contributed by atoms with Crippen molar-refractivity contribution >= 4 is 5.82 Å². The van der Waals surface area contributed by atoms with Gasteiger partial charge in [0.05, 0.1) is 25.0 Å². The summed E-state index contributed by atoms with van der Waals surface area (Å²) in [5.41, 5.74) is 2.34. The first kappa shape index (κ1) is 16.5. The molecule has 0 amide bonds. The van der Waals surface area contributed by atoms with Crippen LogP contribution in [0.4, 0.5) is 5.82 Å². The number of hydrogen-bond donors (Lipinski definition) is 1. The highest BCUT2D eigenvalue weighted by Gasteiger charge is 2.35. The lowest BCUT2D eigenvalue weighted by atomic mass is 9.94. The van der Waals surface area contributed by atoms with Crippen molar-refractivity contribution in [2.24, 2.45) is 5.92 Å². The van der Waals surface area contributed by atoms with Gasteiger partial charge in [-0.2, -0.15) is 5.10 Å². The van der Waals surface area contributed by atoms with E-state index in [-0.39, 0.29) is 6.61 Å². The lowest BCUT2D eigenvalue weighted by Gasteiger charge is -2.35. The Labute approximate surface area is 148 Å². The maximum Gasteiger partial charge on any atom is 0.147 e. The lowest BCUT2D eigenvalue weighted by molar-refractivity contribution is 0.126. The summed E-state index contributed by atoms with van der Waals surface area (Å²) in [4.78, 5) is 13.7. The van der Waals surface area contributed by atoms with E-state index in [1.807, 2.05) is 10.9 Å². The minimum atomic E-state index is 0.127. The van der Waals surface area contributed by atoms with Crippen molar-refractivity contribution in [2.45, 2.75) is 38.9 Å². The SMILES string of the molecule is Cc1nn(CCO)cc1CN1C[C@@H]2CC[C@H]1CN(c1cnccn1)C2. The Kier molecular flexibility index (Phi) is 4.67. The van der Waals surface area contributed by atoms with E-state index >= 15 is 0 Å². The minimum absolute atomic E-state index is 0.127. The highest BCUT2D eigenvalue weighted by atomic mass is 16.3. The van der Waals surface area contributed by atoms with E-state index < -0.39 is 0 Å². The fourth-order valence-corrected chi connectivity index (χ4v) is 4.16. The van der Waals surface area contributed by atoms with Crippen molar-refractivity contribution in [3.8, 4) is 0 Å². The van der Waals surface area contributed by atoms with Gasteiger partial charge in [0.25, 0.3) is 0 Å². The van der Waals surface area contributed by atoms with E-state index in [1.165, 1.54) is 18.4 Å². The predicted octanol–water partition coefficient (Wildman–Crippen LogP) is 1.07. The maximum absolute atomic E-state index is 9.11. The summed E-state index contributed by atoms with van der Waals surface area (Å²) in [7, 11) is 0. The molecule has 5 heterocycles. The fraction of sp³-hybridized carbons (Fsp3) is 0.611. The summed E-state index contributed by atoms with van der Waals surface area (Å²) in [5.74, 6) is 1.67. The molecule has 3 aliphatic rings. The van der Waals surface area contributed by atoms with Crippen molar-refractivity contribution < 1.29 is 5.11 Å². The van der Waals surface area contributed by atoms with Gasteiger partial charge >= 0.3 is 0 Å². The zero-order chi connectivity index (χ0) is 17.2. The van der Waals surface area contributed by atoms with Gasteiger partial charge in [-0.25, -0.2) is 4.98 Å². The number of nitrogens with zero attached hydrogens (tertiary/aromatic N) is 6. The van der Waals surface area contributed by atoms with E-state index in [9.17, 15) is 0 Å². The molecule has 7 heteroatoms. The third-order valence-corrected chi connectivity index (χ3v) is 5.45. The molecular formula is C18H26N6O. The maximum atomic E-state index is 9.11. The van der Waals surface area contributed by atoms with Crippen molar-refractivity contribution in [2.75, 3.05) is 31.1 Å². The van der Waals surface area contributed by atoms with E-state index in [4.69, 9.17) is 5.11 Å². The third kappa shape index (κ3) is 3.52. The highest BCUT2D eigenvalue weighted by molar-refractivity contribution is 5.36. The number of anilines is 1. The molecule has 0 spiro atoms. The summed E-state index contributed by atoms with van der Waals surface area (Å²) in [6, 6.07) is 0.543. The van der Waals surface area contributed by atoms with E-state index in [0.717, 1.165) is 37.7 Å². The zero-order valence-corrected chi connectivity index (χ0v) is 14.8.